The fraction of sp³-hybridized carbons (Fsp3) is 0.500. The number of carbonyl (C=O) groups is 1. The number of aromatic nitrogens is 1. The first-order valence-electron chi connectivity index (χ1n) is 6.00. The van der Waals surface area contributed by atoms with Crippen molar-refractivity contribution in [1.82, 2.24) is 4.98 Å². The van der Waals surface area contributed by atoms with Crippen LogP contribution in [0.1, 0.15) is 31.9 Å². The van der Waals surface area contributed by atoms with Gasteiger partial charge in [-0.15, -0.1) is 0 Å². The maximum absolute atomic E-state index is 11.9. The van der Waals surface area contributed by atoms with Crippen molar-refractivity contribution in [3.05, 3.63) is 23.9 Å². The molecule has 2 rings (SSSR count). The van der Waals surface area contributed by atoms with E-state index in [1.807, 2.05) is 26.0 Å². The van der Waals surface area contributed by atoms with Gasteiger partial charge in [0.2, 0.25) is 15.0 Å². The molecule has 2 heterocycles. The zero-order valence-electron chi connectivity index (χ0n) is 10.7. The van der Waals surface area contributed by atoms with Crippen molar-refractivity contribution >= 4 is 31.5 Å². The highest BCUT2D eigenvalue weighted by Crippen LogP contribution is 2.26. The van der Waals surface area contributed by atoms with Crippen LogP contribution in [0.5, 0.6) is 0 Å². The van der Waals surface area contributed by atoms with Crippen LogP contribution < -0.4 is 4.90 Å². The van der Waals surface area contributed by atoms with Crippen molar-refractivity contribution in [3.63, 3.8) is 0 Å². The van der Waals surface area contributed by atoms with Crippen molar-refractivity contribution < 1.29 is 13.2 Å². The Morgan fingerprint density at radius 1 is 1.42 bits per heavy atom. The minimum atomic E-state index is -3.72. The van der Waals surface area contributed by atoms with E-state index in [4.69, 9.17) is 10.7 Å². The van der Waals surface area contributed by atoms with Crippen LogP contribution in [0.15, 0.2) is 18.2 Å². The fourth-order valence-corrected chi connectivity index (χ4v) is 3.02. The SMILES string of the molecule is CC(C)c1cccc(N2CC(S(=O)(=O)Cl)CC2=O)n1. The Balaban J connectivity index is 2.28. The Kier molecular flexibility index (Phi) is 3.82. The van der Waals surface area contributed by atoms with Crippen molar-refractivity contribution in [3.8, 4) is 0 Å². The van der Waals surface area contributed by atoms with Gasteiger partial charge in [-0.3, -0.25) is 9.69 Å². The molecule has 0 bridgehead atoms. The van der Waals surface area contributed by atoms with E-state index in [0.717, 1.165) is 5.69 Å². The molecule has 5 nitrogen and oxygen atoms in total. The molecule has 1 aromatic heterocycles. The number of nitrogens with zero attached hydrogens (tertiary/aromatic N) is 2. The zero-order valence-corrected chi connectivity index (χ0v) is 12.3. The van der Waals surface area contributed by atoms with Crippen molar-refractivity contribution in [2.45, 2.75) is 31.4 Å². The van der Waals surface area contributed by atoms with E-state index in [9.17, 15) is 13.2 Å². The van der Waals surface area contributed by atoms with Gasteiger partial charge in [-0.25, -0.2) is 13.4 Å². The lowest BCUT2D eigenvalue weighted by atomic mass is 10.1. The molecule has 1 saturated heterocycles. The summed E-state index contributed by atoms with van der Waals surface area (Å²) < 4.78 is 22.6. The monoisotopic (exact) mass is 302 g/mol. The van der Waals surface area contributed by atoms with Crippen LogP contribution in [0.3, 0.4) is 0 Å². The van der Waals surface area contributed by atoms with Crippen LogP contribution in [-0.4, -0.2) is 31.1 Å². The Bertz CT molecular complexity index is 601. The lowest BCUT2D eigenvalue weighted by molar-refractivity contribution is -0.117. The highest BCUT2D eigenvalue weighted by molar-refractivity contribution is 8.14. The molecule has 1 aromatic rings. The molecule has 1 aliphatic rings. The van der Waals surface area contributed by atoms with E-state index in [-0.39, 0.29) is 24.8 Å². The van der Waals surface area contributed by atoms with Crippen LogP contribution in [0.25, 0.3) is 0 Å². The summed E-state index contributed by atoms with van der Waals surface area (Å²) in [6.45, 7) is 4.08. The molecule has 0 saturated carbocycles. The summed E-state index contributed by atoms with van der Waals surface area (Å²) >= 11 is 0. The van der Waals surface area contributed by atoms with Crippen LogP contribution in [0, 0.1) is 0 Å². The molecular weight excluding hydrogens is 288 g/mol. The molecule has 0 N–H and O–H groups in total. The minimum absolute atomic E-state index is 0.0687. The molecule has 19 heavy (non-hydrogen) atoms. The molecule has 1 aliphatic heterocycles. The van der Waals surface area contributed by atoms with Gasteiger partial charge >= 0.3 is 0 Å². The highest BCUT2D eigenvalue weighted by Gasteiger charge is 2.38. The number of anilines is 1. The topological polar surface area (TPSA) is 67.3 Å². The maximum atomic E-state index is 11.9. The summed E-state index contributed by atoms with van der Waals surface area (Å²) in [5, 5.41) is -0.855. The predicted octanol–water partition coefficient (Wildman–Crippen LogP) is 1.88. The second kappa shape index (κ2) is 5.09. The highest BCUT2D eigenvalue weighted by atomic mass is 35.7. The van der Waals surface area contributed by atoms with Crippen LogP contribution in [0.4, 0.5) is 5.82 Å². The lowest BCUT2D eigenvalue weighted by Gasteiger charge is -2.16. The summed E-state index contributed by atoms with van der Waals surface area (Å²) in [5.41, 5.74) is 0.863. The first-order chi connectivity index (χ1) is 8.79. The molecule has 7 heteroatoms. The minimum Gasteiger partial charge on any atom is -0.295 e. The van der Waals surface area contributed by atoms with E-state index < -0.39 is 14.3 Å². The molecule has 1 unspecified atom stereocenters. The van der Waals surface area contributed by atoms with Gasteiger partial charge in [0.25, 0.3) is 0 Å². The maximum Gasteiger partial charge on any atom is 0.237 e. The Labute approximate surface area is 117 Å². The molecule has 1 fully saturated rings. The first-order valence-corrected chi connectivity index (χ1v) is 8.37. The largest absolute Gasteiger partial charge is 0.295 e. The summed E-state index contributed by atoms with van der Waals surface area (Å²) in [7, 11) is 1.59. The van der Waals surface area contributed by atoms with Crippen molar-refractivity contribution in [1.29, 1.82) is 0 Å². The van der Waals surface area contributed by atoms with Gasteiger partial charge in [0.1, 0.15) is 11.1 Å². The molecule has 0 spiro atoms. The van der Waals surface area contributed by atoms with Gasteiger partial charge in [-0.05, 0) is 18.1 Å². The Morgan fingerprint density at radius 3 is 2.63 bits per heavy atom. The van der Waals surface area contributed by atoms with Gasteiger partial charge in [-0.2, -0.15) is 0 Å². The number of amides is 1. The average molecular weight is 303 g/mol. The molecule has 1 amide bonds. The molecule has 0 radical (unpaired) electrons. The average Bonchev–Trinajstić information content (AvgIpc) is 2.71. The fourth-order valence-electron chi connectivity index (χ4n) is 2.00. The van der Waals surface area contributed by atoms with Crippen molar-refractivity contribution in [2.24, 2.45) is 0 Å². The standard InChI is InChI=1S/C12H15ClN2O3S/c1-8(2)10-4-3-5-11(14-10)15-7-9(6-12(15)16)19(13,17)18/h3-5,8-9H,6-7H2,1-2H3. The lowest BCUT2D eigenvalue weighted by Crippen LogP contribution is -2.27. The van der Waals surface area contributed by atoms with E-state index in [1.165, 1.54) is 4.90 Å². The van der Waals surface area contributed by atoms with E-state index >= 15 is 0 Å². The van der Waals surface area contributed by atoms with Crippen LogP contribution in [-0.2, 0) is 13.8 Å². The first kappa shape index (κ1) is 14.3. The van der Waals surface area contributed by atoms with Gasteiger partial charge in [0.05, 0.1) is 0 Å². The molecule has 0 aliphatic carbocycles. The molecule has 104 valence electrons. The van der Waals surface area contributed by atoms with Gasteiger partial charge in [0, 0.05) is 29.3 Å². The molecule has 1 atom stereocenters. The van der Waals surface area contributed by atoms with Gasteiger partial charge < -0.3 is 0 Å². The van der Waals surface area contributed by atoms with E-state index in [2.05, 4.69) is 4.98 Å². The second-order valence-corrected chi connectivity index (χ2v) is 7.79. The summed E-state index contributed by atoms with van der Waals surface area (Å²) in [4.78, 5) is 17.6. The number of hydrogen-bond donors (Lipinski definition) is 0. The predicted molar refractivity (Wildman–Crippen MR) is 73.9 cm³/mol. The third-order valence-electron chi connectivity index (χ3n) is 3.11. The molecular formula is C12H15ClN2O3S. The van der Waals surface area contributed by atoms with Crippen molar-refractivity contribution in [2.75, 3.05) is 11.4 Å². The second-order valence-electron chi connectivity index (χ2n) is 4.88. The van der Waals surface area contributed by atoms with Gasteiger partial charge in [-0.1, -0.05) is 19.9 Å². The van der Waals surface area contributed by atoms with E-state index in [0.29, 0.717) is 5.82 Å². The summed E-state index contributed by atoms with van der Waals surface area (Å²) in [6, 6.07) is 5.39. The van der Waals surface area contributed by atoms with Crippen LogP contribution in [0.2, 0.25) is 0 Å². The number of hydrogen-bond acceptors (Lipinski definition) is 4. The summed E-state index contributed by atoms with van der Waals surface area (Å²) in [6.07, 6.45) is -0.0839. The number of halogens is 1. The van der Waals surface area contributed by atoms with Gasteiger partial charge in [0.15, 0.2) is 0 Å². The zero-order chi connectivity index (χ0) is 14.2. The number of rotatable bonds is 3. The third kappa shape index (κ3) is 3.06. The number of pyridine rings is 1. The summed E-state index contributed by atoms with van der Waals surface area (Å²) in [5.74, 6) is 0.465. The Morgan fingerprint density at radius 2 is 2.11 bits per heavy atom. The van der Waals surface area contributed by atoms with E-state index in [1.54, 1.807) is 6.07 Å². The van der Waals surface area contributed by atoms with Crippen LogP contribution >= 0.6 is 10.7 Å². The molecule has 0 aromatic carbocycles. The number of carbonyl (C=O) groups excluding carboxylic acids is 1. The third-order valence-corrected chi connectivity index (χ3v) is 4.98. The quantitative estimate of drug-likeness (QED) is 0.800. The Hall–Kier alpha value is -1.14. The normalized spacial score (nSPS) is 20.3. The smallest absolute Gasteiger partial charge is 0.237 e.